The first-order chi connectivity index (χ1) is 5.03. The summed E-state index contributed by atoms with van der Waals surface area (Å²) in [4.78, 5) is 0. The van der Waals surface area contributed by atoms with E-state index in [4.69, 9.17) is 10.5 Å². The zero-order chi connectivity index (χ0) is 8.48. The van der Waals surface area contributed by atoms with E-state index in [-0.39, 0.29) is 12.4 Å². The summed E-state index contributed by atoms with van der Waals surface area (Å²) < 4.78 is 5.32. The van der Waals surface area contributed by atoms with Crippen LogP contribution in [0.25, 0.3) is 0 Å². The van der Waals surface area contributed by atoms with E-state index in [1.807, 2.05) is 0 Å². The number of hydrogen-bond donors (Lipinski definition) is 1. The second-order valence-electron chi connectivity index (χ2n) is 4.43. The molecule has 0 aromatic carbocycles. The molecule has 1 aliphatic rings. The molecule has 2 N–H and O–H groups in total. The molecule has 0 radical (unpaired) electrons. The van der Waals surface area contributed by atoms with Gasteiger partial charge in [0, 0.05) is 13.2 Å². The van der Waals surface area contributed by atoms with Crippen LogP contribution in [-0.4, -0.2) is 19.3 Å². The van der Waals surface area contributed by atoms with Crippen LogP contribution in [0.3, 0.4) is 0 Å². The van der Waals surface area contributed by atoms with Gasteiger partial charge in [-0.05, 0) is 24.7 Å². The highest BCUT2D eigenvalue weighted by atomic mass is 35.5. The molecule has 0 unspecified atom stereocenters. The third-order valence-corrected chi connectivity index (χ3v) is 2.49. The smallest absolute Gasteiger partial charge is 0.0591 e. The molecule has 0 amide bonds. The van der Waals surface area contributed by atoms with Crippen LogP contribution in [0.4, 0.5) is 0 Å². The van der Waals surface area contributed by atoms with Gasteiger partial charge in [0.15, 0.2) is 0 Å². The predicted octanol–water partition coefficient (Wildman–Crippen LogP) is 1.96. The Bertz CT molecular complexity index is 138. The van der Waals surface area contributed by atoms with Crippen LogP contribution >= 0.6 is 12.4 Å². The standard InChI is InChI=1S/C9H19NO.ClH/c1-9(2)5-7(10)4-8(6-9)11-3;/h7-8H,4-6,10H2,1-3H3;1H/t7-,8-;/m0./s1. The summed E-state index contributed by atoms with van der Waals surface area (Å²) in [6.45, 7) is 4.52. The van der Waals surface area contributed by atoms with Crippen molar-refractivity contribution in [2.45, 2.75) is 45.3 Å². The lowest BCUT2D eigenvalue weighted by atomic mass is 9.74. The lowest BCUT2D eigenvalue weighted by Gasteiger charge is -2.37. The van der Waals surface area contributed by atoms with Gasteiger partial charge in [-0.25, -0.2) is 0 Å². The van der Waals surface area contributed by atoms with Gasteiger partial charge < -0.3 is 10.5 Å². The molecule has 12 heavy (non-hydrogen) atoms. The summed E-state index contributed by atoms with van der Waals surface area (Å²) in [6.07, 6.45) is 3.69. The van der Waals surface area contributed by atoms with Crippen molar-refractivity contribution in [3.63, 3.8) is 0 Å². The minimum absolute atomic E-state index is 0. The van der Waals surface area contributed by atoms with Gasteiger partial charge in [0.2, 0.25) is 0 Å². The summed E-state index contributed by atoms with van der Waals surface area (Å²) >= 11 is 0. The normalized spacial score (nSPS) is 34.0. The zero-order valence-corrected chi connectivity index (χ0v) is 8.99. The number of ether oxygens (including phenoxy) is 1. The first-order valence-corrected chi connectivity index (χ1v) is 4.32. The lowest BCUT2D eigenvalue weighted by Crippen LogP contribution is -2.40. The molecule has 2 atom stereocenters. The number of rotatable bonds is 1. The summed E-state index contributed by atoms with van der Waals surface area (Å²) in [5.74, 6) is 0. The van der Waals surface area contributed by atoms with E-state index in [2.05, 4.69) is 13.8 Å². The average Bonchev–Trinajstić information content (AvgIpc) is 1.83. The van der Waals surface area contributed by atoms with Gasteiger partial charge in [0.1, 0.15) is 0 Å². The molecule has 0 spiro atoms. The minimum atomic E-state index is 0. The molecule has 1 rings (SSSR count). The average molecular weight is 194 g/mol. The first kappa shape index (κ1) is 12.2. The van der Waals surface area contributed by atoms with Crippen molar-refractivity contribution < 1.29 is 4.74 Å². The molecule has 3 heteroatoms. The van der Waals surface area contributed by atoms with Gasteiger partial charge in [0.05, 0.1) is 6.10 Å². The van der Waals surface area contributed by atoms with E-state index in [0.29, 0.717) is 17.6 Å². The Morgan fingerprint density at radius 3 is 2.33 bits per heavy atom. The summed E-state index contributed by atoms with van der Waals surface area (Å²) in [7, 11) is 1.78. The molecule has 0 saturated heterocycles. The Morgan fingerprint density at radius 1 is 1.33 bits per heavy atom. The molecule has 1 aliphatic carbocycles. The highest BCUT2D eigenvalue weighted by molar-refractivity contribution is 5.85. The second kappa shape index (κ2) is 4.45. The minimum Gasteiger partial charge on any atom is -0.381 e. The van der Waals surface area contributed by atoms with Gasteiger partial charge in [-0.2, -0.15) is 0 Å². The van der Waals surface area contributed by atoms with Crippen LogP contribution in [-0.2, 0) is 4.74 Å². The maximum absolute atomic E-state index is 5.90. The van der Waals surface area contributed by atoms with Crippen LogP contribution in [0, 0.1) is 5.41 Å². The fourth-order valence-electron chi connectivity index (χ4n) is 2.09. The SMILES string of the molecule is CO[C@H]1C[C@H](N)CC(C)(C)C1.Cl. The van der Waals surface area contributed by atoms with Crippen molar-refractivity contribution in [1.82, 2.24) is 0 Å². The monoisotopic (exact) mass is 193 g/mol. The fourth-order valence-corrected chi connectivity index (χ4v) is 2.09. The zero-order valence-electron chi connectivity index (χ0n) is 8.17. The van der Waals surface area contributed by atoms with E-state index < -0.39 is 0 Å². The van der Waals surface area contributed by atoms with Gasteiger partial charge in [-0.1, -0.05) is 13.8 Å². The van der Waals surface area contributed by atoms with E-state index >= 15 is 0 Å². The number of nitrogens with two attached hydrogens (primary N) is 1. The fraction of sp³-hybridized carbons (Fsp3) is 1.00. The molecular weight excluding hydrogens is 174 g/mol. The van der Waals surface area contributed by atoms with Crippen LogP contribution < -0.4 is 5.73 Å². The maximum Gasteiger partial charge on any atom is 0.0591 e. The maximum atomic E-state index is 5.90. The van der Waals surface area contributed by atoms with Crippen molar-refractivity contribution in [3.8, 4) is 0 Å². The quantitative estimate of drug-likeness (QED) is 0.691. The molecule has 1 saturated carbocycles. The Morgan fingerprint density at radius 2 is 1.92 bits per heavy atom. The third kappa shape index (κ3) is 3.30. The summed E-state index contributed by atoms with van der Waals surface area (Å²) in [6, 6.07) is 0.337. The molecule has 0 aromatic rings. The van der Waals surface area contributed by atoms with Gasteiger partial charge in [-0.3, -0.25) is 0 Å². The Labute approximate surface area is 81.3 Å². The topological polar surface area (TPSA) is 35.2 Å². The Kier molecular flexibility index (Phi) is 4.53. The number of hydrogen-bond acceptors (Lipinski definition) is 2. The van der Waals surface area contributed by atoms with E-state index in [9.17, 15) is 0 Å². The summed E-state index contributed by atoms with van der Waals surface area (Å²) in [5.41, 5.74) is 6.27. The number of methoxy groups -OCH3 is 1. The van der Waals surface area contributed by atoms with Crippen LogP contribution in [0.5, 0.6) is 0 Å². The third-order valence-electron chi connectivity index (χ3n) is 2.49. The molecule has 0 heterocycles. The van der Waals surface area contributed by atoms with Crippen molar-refractivity contribution >= 4 is 12.4 Å². The van der Waals surface area contributed by atoms with Crippen LogP contribution in [0.1, 0.15) is 33.1 Å². The highest BCUT2D eigenvalue weighted by Crippen LogP contribution is 2.35. The lowest BCUT2D eigenvalue weighted by molar-refractivity contribution is 0.0179. The highest BCUT2D eigenvalue weighted by Gasteiger charge is 2.32. The Hall–Kier alpha value is 0.210. The van der Waals surface area contributed by atoms with Gasteiger partial charge in [0.25, 0.3) is 0 Å². The van der Waals surface area contributed by atoms with E-state index in [1.54, 1.807) is 7.11 Å². The largest absolute Gasteiger partial charge is 0.381 e. The molecule has 74 valence electrons. The molecule has 1 fully saturated rings. The van der Waals surface area contributed by atoms with Crippen molar-refractivity contribution in [2.24, 2.45) is 11.1 Å². The van der Waals surface area contributed by atoms with E-state index in [0.717, 1.165) is 19.3 Å². The van der Waals surface area contributed by atoms with Gasteiger partial charge >= 0.3 is 0 Å². The molecule has 2 nitrogen and oxygen atoms in total. The molecule has 0 aliphatic heterocycles. The van der Waals surface area contributed by atoms with Crippen LogP contribution in [0.2, 0.25) is 0 Å². The molecular formula is C9H20ClNO. The summed E-state index contributed by atoms with van der Waals surface area (Å²) in [5, 5.41) is 0. The van der Waals surface area contributed by atoms with Crippen molar-refractivity contribution in [3.05, 3.63) is 0 Å². The molecule has 0 bridgehead atoms. The van der Waals surface area contributed by atoms with E-state index in [1.165, 1.54) is 0 Å². The first-order valence-electron chi connectivity index (χ1n) is 4.32. The Balaban J connectivity index is 0.00000121. The van der Waals surface area contributed by atoms with Crippen LogP contribution in [0.15, 0.2) is 0 Å². The number of halogens is 1. The van der Waals surface area contributed by atoms with Crippen molar-refractivity contribution in [1.29, 1.82) is 0 Å². The second-order valence-corrected chi connectivity index (χ2v) is 4.43. The predicted molar refractivity (Wildman–Crippen MR) is 53.7 cm³/mol. The van der Waals surface area contributed by atoms with Crippen molar-refractivity contribution in [2.75, 3.05) is 7.11 Å². The molecule has 0 aromatic heterocycles. The van der Waals surface area contributed by atoms with Gasteiger partial charge in [-0.15, -0.1) is 12.4 Å².